The molecule has 0 amide bonds. The number of hydrogen-bond donors (Lipinski definition) is 1. The van der Waals surface area contributed by atoms with Gasteiger partial charge in [-0.3, -0.25) is 0 Å². The van der Waals surface area contributed by atoms with Gasteiger partial charge in [0.05, 0.1) is 13.2 Å². The van der Waals surface area contributed by atoms with Crippen molar-refractivity contribution in [2.24, 2.45) is 5.73 Å². The molecule has 1 aromatic rings. The van der Waals surface area contributed by atoms with E-state index in [0.717, 1.165) is 49.5 Å². The van der Waals surface area contributed by atoms with Crippen molar-refractivity contribution < 1.29 is 9.47 Å². The summed E-state index contributed by atoms with van der Waals surface area (Å²) in [4.78, 5) is 0. The third-order valence-electron chi connectivity index (χ3n) is 3.49. The molecule has 0 radical (unpaired) electrons. The summed E-state index contributed by atoms with van der Waals surface area (Å²) in [6, 6.07) is 4.09. The average molecular weight is 219 g/mol. The number of nitrogens with two attached hydrogens (primary N) is 1. The predicted octanol–water partition coefficient (Wildman–Crippen LogP) is 2.10. The van der Waals surface area contributed by atoms with Crippen LogP contribution in [0.3, 0.4) is 0 Å². The highest BCUT2D eigenvalue weighted by Gasteiger charge is 2.42. The summed E-state index contributed by atoms with van der Waals surface area (Å²) in [5.74, 6) is 1.76. The first-order valence-electron chi connectivity index (χ1n) is 5.89. The molecule has 0 unspecified atom stereocenters. The molecule has 3 nitrogen and oxygen atoms in total. The summed E-state index contributed by atoms with van der Waals surface area (Å²) in [6.45, 7) is 3.55. The molecular weight excluding hydrogens is 202 g/mol. The summed E-state index contributed by atoms with van der Waals surface area (Å²) in [5.41, 5.74) is 8.51. The van der Waals surface area contributed by atoms with Crippen molar-refractivity contribution in [3.8, 4) is 11.5 Å². The number of fused-ring (bicyclic) bond motifs is 1. The topological polar surface area (TPSA) is 44.5 Å². The van der Waals surface area contributed by atoms with Crippen LogP contribution >= 0.6 is 0 Å². The second-order valence-corrected chi connectivity index (χ2v) is 4.77. The molecule has 3 rings (SSSR count). The fourth-order valence-corrected chi connectivity index (χ4v) is 2.32. The van der Waals surface area contributed by atoms with Crippen LogP contribution in [0.1, 0.15) is 30.4 Å². The molecule has 1 aromatic carbocycles. The molecule has 0 bridgehead atoms. The van der Waals surface area contributed by atoms with E-state index in [9.17, 15) is 0 Å². The lowest BCUT2D eigenvalue weighted by Gasteiger charge is -2.17. The lowest BCUT2D eigenvalue weighted by atomic mass is 9.99. The Labute approximate surface area is 95.5 Å². The standard InChI is InChI=1S/C13H17NO2/c1-9-10(13(14)5-6-13)3-4-11-12(9)16-8-2-7-15-11/h3-4H,2,5-8,14H2,1H3. The van der Waals surface area contributed by atoms with Gasteiger partial charge < -0.3 is 15.2 Å². The van der Waals surface area contributed by atoms with E-state index in [4.69, 9.17) is 15.2 Å². The molecule has 1 heterocycles. The fourth-order valence-electron chi connectivity index (χ4n) is 2.32. The van der Waals surface area contributed by atoms with Crippen molar-refractivity contribution in [2.75, 3.05) is 13.2 Å². The lowest BCUT2D eigenvalue weighted by molar-refractivity contribution is 0.296. The molecule has 0 atom stereocenters. The smallest absolute Gasteiger partial charge is 0.164 e. The van der Waals surface area contributed by atoms with Gasteiger partial charge in [0.15, 0.2) is 11.5 Å². The van der Waals surface area contributed by atoms with Gasteiger partial charge in [-0.05, 0) is 37.0 Å². The summed E-state index contributed by atoms with van der Waals surface area (Å²) in [5, 5.41) is 0. The van der Waals surface area contributed by atoms with E-state index in [1.807, 2.05) is 6.07 Å². The zero-order chi connectivity index (χ0) is 11.2. The Hall–Kier alpha value is -1.22. The van der Waals surface area contributed by atoms with Crippen LogP contribution < -0.4 is 15.2 Å². The minimum atomic E-state index is -0.102. The molecule has 1 aliphatic heterocycles. The molecule has 3 heteroatoms. The largest absolute Gasteiger partial charge is 0.490 e. The summed E-state index contributed by atoms with van der Waals surface area (Å²) in [7, 11) is 0. The molecule has 1 fully saturated rings. The van der Waals surface area contributed by atoms with Crippen LogP contribution in [0.4, 0.5) is 0 Å². The van der Waals surface area contributed by atoms with Gasteiger partial charge in [-0.25, -0.2) is 0 Å². The number of ether oxygens (including phenoxy) is 2. The van der Waals surface area contributed by atoms with Crippen molar-refractivity contribution in [2.45, 2.75) is 31.7 Å². The van der Waals surface area contributed by atoms with Crippen LogP contribution in [-0.4, -0.2) is 13.2 Å². The second-order valence-electron chi connectivity index (χ2n) is 4.77. The van der Waals surface area contributed by atoms with Crippen molar-refractivity contribution in [3.05, 3.63) is 23.3 Å². The van der Waals surface area contributed by atoms with Gasteiger partial charge in [0.2, 0.25) is 0 Å². The highest BCUT2D eigenvalue weighted by molar-refractivity contribution is 5.53. The first kappa shape index (κ1) is 9.97. The molecule has 16 heavy (non-hydrogen) atoms. The van der Waals surface area contributed by atoms with E-state index < -0.39 is 0 Å². The Morgan fingerprint density at radius 2 is 1.94 bits per heavy atom. The molecular formula is C13H17NO2. The molecule has 1 aliphatic carbocycles. The maximum Gasteiger partial charge on any atom is 0.164 e. The maximum absolute atomic E-state index is 6.24. The average Bonchev–Trinajstić information content (AvgIpc) is 3.02. The summed E-state index contributed by atoms with van der Waals surface area (Å²) in [6.07, 6.45) is 3.10. The zero-order valence-corrected chi connectivity index (χ0v) is 9.58. The third kappa shape index (κ3) is 1.47. The van der Waals surface area contributed by atoms with Crippen molar-refractivity contribution in [1.82, 2.24) is 0 Å². The van der Waals surface area contributed by atoms with Gasteiger partial charge in [-0.2, -0.15) is 0 Å². The van der Waals surface area contributed by atoms with Crippen LogP contribution in [0.2, 0.25) is 0 Å². The summed E-state index contributed by atoms with van der Waals surface area (Å²) < 4.78 is 11.4. The minimum Gasteiger partial charge on any atom is -0.490 e. The normalized spacial score (nSPS) is 21.4. The van der Waals surface area contributed by atoms with E-state index in [1.54, 1.807) is 0 Å². The Bertz CT molecular complexity index is 424. The van der Waals surface area contributed by atoms with E-state index in [2.05, 4.69) is 13.0 Å². The van der Waals surface area contributed by atoms with Crippen LogP contribution in [-0.2, 0) is 5.54 Å². The third-order valence-corrected chi connectivity index (χ3v) is 3.49. The number of rotatable bonds is 1. The van der Waals surface area contributed by atoms with Gasteiger partial charge in [0.25, 0.3) is 0 Å². The molecule has 2 N–H and O–H groups in total. The molecule has 0 aromatic heterocycles. The van der Waals surface area contributed by atoms with Crippen LogP contribution in [0.5, 0.6) is 11.5 Å². The van der Waals surface area contributed by atoms with Gasteiger partial charge in [0, 0.05) is 12.0 Å². The van der Waals surface area contributed by atoms with Crippen molar-refractivity contribution in [3.63, 3.8) is 0 Å². The quantitative estimate of drug-likeness (QED) is 0.786. The maximum atomic E-state index is 6.24. The van der Waals surface area contributed by atoms with Crippen molar-refractivity contribution >= 4 is 0 Å². The number of benzene rings is 1. The molecule has 86 valence electrons. The minimum absolute atomic E-state index is 0.102. The van der Waals surface area contributed by atoms with Crippen LogP contribution in [0.25, 0.3) is 0 Å². The van der Waals surface area contributed by atoms with E-state index in [-0.39, 0.29) is 5.54 Å². The highest BCUT2D eigenvalue weighted by Crippen LogP contribution is 2.47. The zero-order valence-electron chi connectivity index (χ0n) is 9.58. The Balaban J connectivity index is 2.07. The SMILES string of the molecule is Cc1c(C2(N)CC2)ccc2c1OCCCO2. The molecule has 2 aliphatic rings. The molecule has 0 saturated heterocycles. The Kier molecular flexibility index (Phi) is 2.11. The Morgan fingerprint density at radius 3 is 2.69 bits per heavy atom. The van der Waals surface area contributed by atoms with E-state index in [0.29, 0.717) is 0 Å². The first-order valence-corrected chi connectivity index (χ1v) is 5.89. The van der Waals surface area contributed by atoms with Crippen LogP contribution in [0.15, 0.2) is 12.1 Å². The van der Waals surface area contributed by atoms with Crippen molar-refractivity contribution in [1.29, 1.82) is 0 Å². The summed E-state index contributed by atoms with van der Waals surface area (Å²) >= 11 is 0. The van der Waals surface area contributed by atoms with Gasteiger partial charge in [-0.1, -0.05) is 6.07 Å². The number of hydrogen-bond acceptors (Lipinski definition) is 3. The van der Waals surface area contributed by atoms with Gasteiger partial charge in [0.1, 0.15) is 0 Å². The van der Waals surface area contributed by atoms with Gasteiger partial charge >= 0.3 is 0 Å². The van der Waals surface area contributed by atoms with Gasteiger partial charge in [-0.15, -0.1) is 0 Å². The van der Waals surface area contributed by atoms with E-state index in [1.165, 1.54) is 5.56 Å². The second kappa shape index (κ2) is 3.39. The first-order chi connectivity index (χ1) is 7.71. The molecule has 1 saturated carbocycles. The Morgan fingerprint density at radius 1 is 1.19 bits per heavy atom. The highest BCUT2D eigenvalue weighted by atomic mass is 16.5. The lowest BCUT2D eigenvalue weighted by Crippen LogP contribution is -2.20. The van der Waals surface area contributed by atoms with Crippen LogP contribution in [0, 0.1) is 6.92 Å². The molecule has 0 spiro atoms. The monoisotopic (exact) mass is 219 g/mol. The predicted molar refractivity (Wildman–Crippen MR) is 61.9 cm³/mol. The fraction of sp³-hybridized carbons (Fsp3) is 0.538. The van der Waals surface area contributed by atoms with E-state index >= 15 is 0 Å².